The molecular weight excluding hydrogens is 320 g/mol. The molecule has 132 valence electrons. The van der Waals surface area contributed by atoms with Gasteiger partial charge >= 0.3 is 0 Å². The van der Waals surface area contributed by atoms with Crippen molar-refractivity contribution in [2.75, 3.05) is 14.2 Å². The molecule has 0 aromatic heterocycles. The summed E-state index contributed by atoms with van der Waals surface area (Å²) in [5, 5.41) is 15.8. The number of nitrogens with one attached hydrogen (secondary N) is 1. The lowest BCUT2D eigenvalue weighted by molar-refractivity contribution is -0.119. The Morgan fingerprint density at radius 2 is 1.56 bits per heavy atom. The van der Waals surface area contributed by atoms with Crippen molar-refractivity contribution >= 4 is 11.6 Å². The van der Waals surface area contributed by atoms with Gasteiger partial charge in [0.15, 0.2) is 0 Å². The number of amides is 1. The fourth-order valence-electron chi connectivity index (χ4n) is 2.53. The number of methoxy groups -OCH3 is 2. The Balaban J connectivity index is 2.25. The Hall–Kier alpha value is -3.02. The van der Waals surface area contributed by atoms with Crippen LogP contribution in [0.3, 0.4) is 0 Å². The van der Waals surface area contributed by atoms with E-state index in [2.05, 4.69) is 10.5 Å². The zero-order chi connectivity index (χ0) is 18.2. The van der Waals surface area contributed by atoms with Gasteiger partial charge in [0.05, 0.1) is 26.0 Å². The fourth-order valence-corrected chi connectivity index (χ4v) is 2.53. The van der Waals surface area contributed by atoms with Crippen LogP contribution in [0.15, 0.2) is 53.7 Å². The SMILES string of the molecule is COc1ccc(C(CC(NC(C)=O)c2ccc(OC)cc2)=NO)cc1. The van der Waals surface area contributed by atoms with Crippen molar-refractivity contribution in [1.82, 2.24) is 5.32 Å². The van der Waals surface area contributed by atoms with Crippen LogP contribution >= 0.6 is 0 Å². The minimum absolute atomic E-state index is 0.159. The molecule has 0 aliphatic heterocycles. The molecule has 2 aromatic carbocycles. The van der Waals surface area contributed by atoms with E-state index in [1.54, 1.807) is 26.4 Å². The van der Waals surface area contributed by atoms with E-state index in [4.69, 9.17) is 9.47 Å². The molecule has 2 aromatic rings. The molecule has 2 N–H and O–H groups in total. The number of ether oxygens (including phenoxy) is 2. The van der Waals surface area contributed by atoms with E-state index in [0.29, 0.717) is 12.1 Å². The topological polar surface area (TPSA) is 80.2 Å². The Bertz CT molecular complexity index is 724. The lowest BCUT2D eigenvalue weighted by atomic mass is 9.97. The van der Waals surface area contributed by atoms with Crippen molar-refractivity contribution < 1.29 is 19.5 Å². The van der Waals surface area contributed by atoms with Gasteiger partial charge in [-0.1, -0.05) is 17.3 Å². The maximum Gasteiger partial charge on any atom is 0.217 e. The number of nitrogens with zero attached hydrogens (tertiary/aromatic N) is 1. The summed E-state index contributed by atoms with van der Waals surface area (Å²) in [7, 11) is 3.19. The third-order valence-electron chi connectivity index (χ3n) is 3.84. The molecule has 0 spiro atoms. The molecule has 2 rings (SSSR count). The van der Waals surface area contributed by atoms with Crippen LogP contribution in [0.25, 0.3) is 0 Å². The highest BCUT2D eigenvalue weighted by Gasteiger charge is 2.18. The normalized spacial score (nSPS) is 12.4. The van der Waals surface area contributed by atoms with Gasteiger partial charge in [-0.3, -0.25) is 4.79 Å². The third-order valence-corrected chi connectivity index (χ3v) is 3.84. The van der Waals surface area contributed by atoms with Gasteiger partial charge in [-0.15, -0.1) is 0 Å². The van der Waals surface area contributed by atoms with Gasteiger partial charge in [0, 0.05) is 13.3 Å². The average Bonchev–Trinajstić information content (AvgIpc) is 2.65. The molecule has 0 heterocycles. The Labute approximate surface area is 147 Å². The van der Waals surface area contributed by atoms with Crippen LogP contribution in [-0.4, -0.2) is 31.0 Å². The number of rotatable bonds is 7. The first kappa shape index (κ1) is 18.3. The largest absolute Gasteiger partial charge is 0.497 e. The molecule has 0 saturated carbocycles. The second-order valence-electron chi connectivity index (χ2n) is 5.51. The lowest BCUT2D eigenvalue weighted by Crippen LogP contribution is -2.28. The molecule has 25 heavy (non-hydrogen) atoms. The summed E-state index contributed by atoms with van der Waals surface area (Å²) in [4.78, 5) is 11.6. The van der Waals surface area contributed by atoms with Crippen LogP contribution in [0.5, 0.6) is 11.5 Å². The second-order valence-corrected chi connectivity index (χ2v) is 5.51. The summed E-state index contributed by atoms with van der Waals surface area (Å²) in [5.74, 6) is 1.29. The lowest BCUT2D eigenvalue weighted by Gasteiger charge is -2.19. The first-order valence-corrected chi connectivity index (χ1v) is 7.83. The maximum absolute atomic E-state index is 11.6. The quantitative estimate of drug-likeness (QED) is 0.460. The van der Waals surface area contributed by atoms with Gasteiger partial charge in [-0.05, 0) is 47.5 Å². The summed E-state index contributed by atoms with van der Waals surface area (Å²) < 4.78 is 10.3. The van der Waals surface area contributed by atoms with E-state index in [9.17, 15) is 10.0 Å². The van der Waals surface area contributed by atoms with Crippen LogP contribution < -0.4 is 14.8 Å². The molecular formula is C19H22N2O4. The van der Waals surface area contributed by atoms with Crippen LogP contribution in [0.4, 0.5) is 0 Å². The molecule has 0 radical (unpaired) electrons. The van der Waals surface area contributed by atoms with Crippen molar-refractivity contribution in [2.45, 2.75) is 19.4 Å². The van der Waals surface area contributed by atoms with E-state index in [-0.39, 0.29) is 11.9 Å². The number of carbonyl (C=O) groups is 1. The van der Waals surface area contributed by atoms with Gasteiger partial charge in [0.25, 0.3) is 0 Å². The Morgan fingerprint density at radius 1 is 1.04 bits per heavy atom. The van der Waals surface area contributed by atoms with Gasteiger partial charge < -0.3 is 20.0 Å². The highest BCUT2D eigenvalue weighted by molar-refractivity contribution is 6.00. The summed E-state index contributed by atoms with van der Waals surface area (Å²) in [5.41, 5.74) is 2.12. The molecule has 0 aliphatic rings. The fraction of sp³-hybridized carbons (Fsp3) is 0.263. The van der Waals surface area contributed by atoms with Crippen molar-refractivity contribution in [3.8, 4) is 11.5 Å². The zero-order valence-corrected chi connectivity index (χ0v) is 14.5. The summed E-state index contributed by atoms with van der Waals surface area (Å²) in [6, 6.07) is 14.3. The zero-order valence-electron chi connectivity index (χ0n) is 14.5. The van der Waals surface area contributed by atoms with E-state index >= 15 is 0 Å². The molecule has 1 amide bonds. The van der Waals surface area contributed by atoms with Crippen LogP contribution in [0.1, 0.15) is 30.5 Å². The minimum Gasteiger partial charge on any atom is -0.497 e. The highest BCUT2D eigenvalue weighted by Crippen LogP contribution is 2.23. The average molecular weight is 342 g/mol. The molecule has 0 bridgehead atoms. The van der Waals surface area contributed by atoms with Crippen molar-refractivity contribution in [3.05, 3.63) is 59.7 Å². The summed E-state index contributed by atoms with van der Waals surface area (Å²) >= 11 is 0. The van der Waals surface area contributed by atoms with Gasteiger partial charge in [0.2, 0.25) is 5.91 Å². The standard InChI is InChI=1S/C19H22N2O4/c1-13(22)20-18(14-4-8-16(24-2)9-5-14)12-19(21-23)15-6-10-17(25-3)11-7-15/h4-11,18,23H,12H2,1-3H3,(H,20,22). The molecule has 6 nitrogen and oxygen atoms in total. The summed E-state index contributed by atoms with van der Waals surface area (Å²) in [6.45, 7) is 1.46. The van der Waals surface area contributed by atoms with Crippen molar-refractivity contribution in [2.24, 2.45) is 5.16 Å². The minimum atomic E-state index is -0.323. The predicted molar refractivity (Wildman–Crippen MR) is 95.5 cm³/mol. The molecule has 1 atom stereocenters. The molecule has 1 unspecified atom stereocenters. The third kappa shape index (κ3) is 4.97. The first-order valence-electron chi connectivity index (χ1n) is 7.83. The van der Waals surface area contributed by atoms with Crippen LogP contribution in [0, 0.1) is 0 Å². The number of hydrogen-bond acceptors (Lipinski definition) is 5. The highest BCUT2D eigenvalue weighted by atomic mass is 16.5. The molecule has 0 saturated heterocycles. The Morgan fingerprint density at radius 3 is 2.00 bits per heavy atom. The van der Waals surface area contributed by atoms with E-state index in [0.717, 1.165) is 22.6 Å². The number of benzene rings is 2. The van der Waals surface area contributed by atoms with E-state index in [1.807, 2.05) is 36.4 Å². The number of oxime groups is 1. The Kier molecular flexibility index (Phi) is 6.39. The van der Waals surface area contributed by atoms with Crippen molar-refractivity contribution in [1.29, 1.82) is 0 Å². The van der Waals surface area contributed by atoms with Gasteiger partial charge in [-0.2, -0.15) is 0 Å². The maximum atomic E-state index is 11.6. The summed E-state index contributed by atoms with van der Waals surface area (Å²) in [6.07, 6.45) is 0.342. The van der Waals surface area contributed by atoms with Crippen molar-refractivity contribution in [3.63, 3.8) is 0 Å². The van der Waals surface area contributed by atoms with E-state index in [1.165, 1.54) is 6.92 Å². The number of hydrogen-bond donors (Lipinski definition) is 2. The predicted octanol–water partition coefficient (Wildman–Crippen LogP) is 3.15. The second kappa shape index (κ2) is 8.73. The first-order chi connectivity index (χ1) is 12.1. The van der Waals surface area contributed by atoms with Crippen LogP contribution in [0.2, 0.25) is 0 Å². The number of carbonyl (C=O) groups excluding carboxylic acids is 1. The monoisotopic (exact) mass is 342 g/mol. The van der Waals surface area contributed by atoms with Gasteiger partial charge in [-0.25, -0.2) is 0 Å². The van der Waals surface area contributed by atoms with Crippen LogP contribution in [-0.2, 0) is 4.79 Å². The molecule has 6 heteroatoms. The van der Waals surface area contributed by atoms with Gasteiger partial charge in [0.1, 0.15) is 11.5 Å². The van der Waals surface area contributed by atoms with E-state index < -0.39 is 0 Å². The molecule has 0 fully saturated rings. The smallest absolute Gasteiger partial charge is 0.217 e. The molecule has 0 aliphatic carbocycles.